The van der Waals surface area contributed by atoms with Gasteiger partial charge in [0.1, 0.15) is 16.6 Å². The van der Waals surface area contributed by atoms with Crippen LogP contribution in [0.5, 0.6) is 5.75 Å². The van der Waals surface area contributed by atoms with Gasteiger partial charge in [0.2, 0.25) is 5.91 Å². The molecule has 8 nitrogen and oxygen atoms in total. The quantitative estimate of drug-likeness (QED) is 0.484. The summed E-state index contributed by atoms with van der Waals surface area (Å²) >= 11 is 1.11. The number of aromatic nitrogens is 2. The second-order valence-electron chi connectivity index (χ2n) is 5.86. The summed E-state index contributed by atoms with van der Waals surface area (Å²) in [6.45, 7) is -0.0616. The zero-order chi connectivity index (χ0) is 21.0. The molecule has 148 valence electrons. The molecule has 0 aliphatic rings. The highest BCUT2D eigenvalue weighted by molar-refractivity contribution is 7.99. The fraction of sp³-hybridized carbons (Fsp3) is 0.0526. The molecule has 3 rings (SSSR count). The number of carbonyl (C=O) groups excluding carboxylic acids is 2. The van der Waals surface area contributed by atoms with E-state index < -0.39 is 17.6 Å². The second-order valence-corrected chi connectivity index (χ2v) is 6.92. The minimum absolute atomic E-state index is 0.0616. The van der Waals surface area contributed by atoms with Gasteiger partial charge < -0.3 is 21.9 Å². The molecule has 0 bridgehead atoms. The maximum atomic E-state index is 13.1. The SMILES string of the molecule is NC(=O)c1ccccc1Sc1cnc(N)c(C(=O)NCc2ccc(F)cc2O)n1. The van der Waals surface area contributed by atoms with E-state index in [9.17, 15) is 19.1 Å². The van der Waals surface area contributed by atoms with E-state index >= 15 is 0 Å². The van der Waals surface area contributed by atoms with E-state index in [2.05, 4.69) is 15.3 Å². The average Bonchev–Trinajstić information content (AvgIpc) is 2.69. The van der Waals surface area contributed by atoms with Gasteiger partial charge in [0.25, 0.3) is 5.91 Å². The van der Waals surface area contributed by atoms with Crippen molar-refractivity contribution in [1.29, 1.82) is 0 Å². The molecule has 6 N–H and O–H groups in total. The van der Waals surface area contributed by atoms with Gasteiger partial charge in [-0.25, -0.2) is 14.4 Å². The third-order valence-electron chi connectivity index (χ3n) is 3.85. The van der Waals surface area contributed by atoms with E-state index in [0.29, 0.717) is 21.0 Å². The number of hydrogen-bond acceptors (Lipinski definition) is 7. The number of phenols is 1. The van der Waals surface area contributed by atoms with Gasteiger partial charge in [-0.1, -0.05) is 30.0 Å². The van der Waals surface area contributed by atoms with Crippen molar-refractivity contribution in [2.24, 2.45) is 5.73 Å². The van der Waals surface area contributed by atoms with Gasteiger partial charge in [0.15, 0.2) is 11.5 Å². The number of carbonyl (C=O) groups is 2. The first-order chi connectivity index (χ1) is 13.8. The number of nitrogen functional groups attached to an aromatic ring is 1. The Morgan fingerprint density at radius 2 is 1.97 bits per heavy atom. The molecule has 2 aromatic carbocycles. The van der Waals surface area contributed by atoms with Crippen molar-refractivity contribution in [3.63, 3.8) is 0 Å². The fourth-order valence-corrected chi connectivity index (χ4v) is 3.31. The van der Waals surface area contributed by atoms with Crippen LogP contribution in [0.4, 0.5) is 10.2 Å². The van der Waals surface area contributed by atoms with Gasteiger partial charge in [-0.15, -0.1) is 0 Å². The van der Waals surface area contributed by atoms with E-state index in [4.69, 9.17) is 11.5 Å². The predicted octanol–water partition coefficient (Wildman–Crippen LogP) is 2.08. The number of nitrogens with two attached hydrogens (primary N) is 2. The Balaban J connectivity index is 1.78. The van der Waals surface area contributed by atoms with Crippen molar-refractivity contribution in [2.75, 3.05) is 5.73 Å². The Morgan fingerprint density at radius 1 is 1.21 bits per heavy atom. The molecular weight excluding hydrogens is 397 g/mol. The van der Waals surface area contributed by atoms with Crippen LogP contribution >= 0.6 is 11.8 Å². The topological polar surface area (TPSA) is 144 Å². The number of nitrogens with zero attached hydrogens (tertiary/aromatic N) is 2. The summed E-state index contributed by atoms with van der Waals surface area (Å²) in [5.41, 5.74) is 11.7. The van der Waals surface area contributed by atoms with Crippen LogP contribution in [-0.2, 0) is 6.54 Å². The van der Waals surface area contributed by atoms with Crippen LogP contribution in [0.2, 0.25) is 0 Å². The Hall–Kier alpha value is -3.66. The van der Waals surface area contributed by atoms with Crippen molar-refractivity contribution in [3.8, 4) is 5.75 Å². The van der Waals surface area contributed by atoms with Crippen molar-refractivity contribution in [1.82, 2.24) is 15.3 Å². The van der Waals surface area contributed by atoms with Gasteiger partial charge in [-0.05, 0) is 18.2 Å². The van der Waals surface area contributed by atoms with Crippen molar-refractivity contribution in [3.05, 3.63) is 71.3 Å². The number of primary amides is 1. The highest BCUT2D eigenvalue weighted by Gasteiger charge is 2.16. The van der Waals surface area contributed by atoms with Gasteiger partial charge in [-0.3, -0.25) is 9.59 Å². The maximum absolute atomic E-state index is 13.1. The summed E-state index contributed by atoms with van der Waals surface area (Å²) < 4.78 is 13.1. The van der Waals surface area contributed by atoms with Crippen LogP contribution in [0, 0.1) is 5.82 Å². The molecule has 3 aromatic rings. The molecule has 1 aromatic heterocycles. The molecule has 0 saturated carbocycles. The minimum Gasteiger partial charge on any atom is -0.507 e. The number of nitrogens with one attached hydrogen (secondary N) is 1. The van der Waals surface area contributed by atoms with Gasteiger partial charge in [0.05, 0.1) is 11.8 Å². The molecule has 0 aliphatic carbocycles. The lowest BCUT2D eigenvalue weighted by molar-refractivity contribution is 0.0944. The van der Waals surface area contributed by atoms with Gasteiger partial charge in [0, 0.05) is 23.1 Å². The third-order valence-corrected chi connectivity index (χ3v) is 4.83. The first kappa shape index (κ1) is 20.1. The molecule has 0 aliphatic heterocycles. The monoisotopic (exact) mass is 413 g/mol. The summed E-state index contributed by atoms with van der Waals surface area (Å²) in [6.07, 6.45) is 1.38. The third kappa shape index (κ3) is 4.79. The van der Waals surface area contributed by atoms with Gasteiger partial charge >= 0.3 is 0 Å². The van der Waals surface area contributed by atoms with Crippen LogP contribution < -0.4 is 16.8 Å². The van der Waals surface area contributed by atoms with E-state index in [1.165, 1.54) is 18.3 Å². The zero-order valence-corrected chi connectivity index (χ0v) is 15.7. The molecule has 0 atom stereocenters. The minimum atomic E-state index is -0.621. The Morgan fingerprint density at radius 3 is 2.69 bits per heavy atom. The average molecular weight is 413 g/mol. The molecule has 2 amide bonds. The highest BCUT2D eigenvalue weighted by Crippen LogP contribution is 2.29. The number of aromatic hydroxyl groups is 1. The summed E-state index contributed by atoms with van der Waals surface area (Å²) in [5.74, 6) is -2.17. The van der Waals surface area contributed by atoms with Crippen LogP contribution in [0.3, 0.4) is 0 Å². The Kier molecular flexibility index (Phi) is 5.93. The normalized spacial score (nSPS) is 10.5. The number of phenolic OH excluding ortho intramolecular Hbond substituents is 1. The lowest BCUT2D eigenvalue weighted by Crippen LogP contribution is -2.25. The lowest BCUT2D eigenvalue weighted by Gasteiger charge is -2.10. The van der Waals surface area contributed by atoms with E-state index in [-0.39, 0.29) is 23.8 Å². The smallest absolute Gasteiger partial charge is 0.274 e. The predicted molar refractivity (Wildman–Crippen MR) is 105 cm³/mol. The van der Waals surface area contributed by atoms with Crippen LogP contribution in [0.15, 0.2) is 58.6 Å². The van der Waals surface area contributed by atoms with Crippen LogP contribution in [-0.4, -0.2) is 26.9 Å². The summed E-state index contributed by atoms with van der Waals surface area (Å²) in [4.78, 5) is 32.8. The molecule has 1 heterocycles. The number of benzene rings is 2. The second kappa shape index (κ2) is 8.57. The molecule has 0 saturated heterocycles. The van der Waals surface area contributed by atoms with Crippen LogP contribution in [0.1, 0.15) is 26.4 Å². The first-order valence-electron chi connectivity index (χ1n) is 8.30. The Bertz CT molecular complexity index is 1090. The van der Waals surface area contributed by atoms with Crippen LogP contribution in [0.25, 0.3) is 0 Å². The van der Waals surface area contributed by atoms with Crippen molar-refractivity contribution in [2.45, 2.75) is 16.5 Å². The molecule has 29 heavy (non-hydrogen) atoms. The van der Waals surface area contributed by atoms with E-state index in [1.807, 2.05) is 0 Å². The number of amides is 2. The number of hydrogen-bond donors (Lipinski definition) is 4. The molecular formula is C19H16FN5O3S. The summed E-state index contributed by atoms with van der Waals surface area (Å²) in [6, 6.07) is 10.2. The summed E-state index contributed by atoms with van der Waals surface area (Å²) in [5, 5.41) is 12.6. The van der Waals surface area contributed by atoms with E-state index in [1.54, 1.807) is 24.3 Å². The first-order valence-corrected chi connectivity index (χ1v) is 9.11. The number of halogens is 1. The lowest BCUT2D eigenvalue weighted by atomic mass is 10.2. The van der Waals surface area contributed by atoms with Crippen molar-refractivity contribution < 1.29 is 19.1 Å². The zero-order valence-electron chi connectivity index (χ0n) is 14.9. The fourth-order valence-electron chi connectivity index (χ4n) is 2.42. The summed E-state index contributed by atoms with van der Waals surface area (Å²) in [7, 11) is 0. The maximum Gasteiger partial charge on any atom is 0.274 e. The molecule has 0 spiro atoms. The standard InChI is InChI=1S/C19H16FN5O3S/c20-11-6-5-10(13(26)7-11)8-24-19(28)16-17(21)23-9-15(25-16)29-14-4-2-1-3-12(14)18(22)27/h1-7,9,26H,8H2,(H2,21,23)(H2,22,27)(H,24,28). The highest BCUT2D eigenvalue weighted by atomic mass is 32.2. The molecule has 0 fully saturated rings. The van der Waals surface area contributed by atoms with Gasteiger partial charge in [-0.2, -0.15) is 0 Å². The largest absolute Gasteiger partial charge is 0.507 e. The van der Waals surface area contributed by atoms with E-state index in [0.717, 1.165) is 17.8 Å². The molecule has 0 unspecified atom stereocenters. The van der Waals surface area contributed by atoms with Crippen molar-refractivity contribution >= 4 is 29.4 Å². The molecule has 10 heteroatoms. The molecule has 0 radical (unpaired) electrons. The number of anilines is 1. The number of rotatable bonds is 6. The Labute approximate surface area is 169 Å².